The van der Waals surface area contributed by atoms with E-state index in [9.17, 15) is 0 Å². The van der Waals surface area contributed by atoms with Gasteiger partial charge in [0.1, 0.15) is 0 Å². The van der Waals surface area contributed by atoms with Crippen molar-refractivity contribution in [2.24, 2.45) is 5.92 Å². The van der Waals surface area contributed by atoms with E-state index in [2.05, 4.69) is 25.7 Å². The molecule has 1 fully saturated rings. The van der Waals surface area contributed by atoms with Crippen molar-refractivity contribution in [1.29, 1.82) is 0 Å². The van der Waals surface area contributed by atoms with Crippen molar-refractivity contribution in [3.8, 4) is 0 Å². The molecule has 1 saturated heterocycles. The first-order valence-corrected chi connectivity index (χ1v) is 7.10. The van der Waals surface area contributed by atoms with E-state index in [-0.39, 0.29) is 0 Å². The normalized spacial score (nSPS) is 22.2. The first-order chi connectivity index (χ1) is 7.16. The van der Waals surface area contributed by atoms with Gasteiger partial charge in [-0.3, -0.25) is 4.90 Å². The van der Waals surface area contributed by atoms with E-state index in [4.69, 9.17) is 12.6 Å². The van der Waals surface area contributed by atoms with Crippen LogP contribution in [0.5, 0.6) is 0 Å². The summed E-state index contributed by atoms with van der Waals surface area (Å²) in [6.07, 6.45) is 6.78. The van der Waals surface area contributed by atoms with Gasteiger partial charge in [-0.15, -0.1) is 0 Å². The topological polar surface area (TPSA) is 3.24 Å². The molecule has 0 N–H and O–H groups in total. The van der Waals surface area contributed by atoms with Gasteiger partial charge in [0.15, 0.2) is 0 Å². The van der Waals surface area contributed by atoms with Gasteiger partial charge in [-0.1, -0.05) is 33.6 Å². The third kappa shape index (κ3) is 3.99. The molecule has 0 aliphatic carbocycles. The van der Waals surface area contributed by atoms with E-state index in [0.717, 1.165) is 6.04 Å². The molecule has 0 saturated carbocycles. The lowest BCUT2D eigenvalue weighted by Gasteiger charge is -2.34. The number of nitrogens with zero attached hydrogens (tertiary/aromatic N) is 1. The van der Waals surface area contributed by atoms with E-state index in [1.165, 1.54) is 45.2 Å². The predicted molar refractivity (Wildman–Crippen MR) is 71.7 cm³/mol. The number of rotatable bonds is 6. The number of hydrogen-bond donors (Lipinski definition) is 1. The molecule has 1 aliphatic rings. The summed E-state index contributed by atoms with van der Waals surface area (Å²) in [5.74, 6) is 0.691. The lowest BCUT2D eigenvalue weighted by Crippen LogP contribution is -2.41. The SMILES string of the molecule is CCCC[C@@H]([C@H](S)C(C)C)N1CCCC1. The maximum atomic E-state index is 4.83. The highest BCUT2D eigenvalue weighted by Gasteiger charge is 2.28. The van der Waals surface area contributed by atoms with Crippen LogP contribution in [0.4, 0.5) is 0 Å². The lowest BCUT2D eigenvalue weighted by molar-refractivity contribution is 0.206. The fraction of sp³-hybridized carbons (Fsp3) is 1.00. The summed E-state index contributed by atoms with van der Waals surface area (Å²) < 4.78 is 0. The quantitative estimate of drug-likeness (QED) is 0.681. The minimum atomic E-state index is 0.551. The summed E-state index contributed by atoms with van der Waals surface area (Å²) in [4.78, 5) is 2.67. The van der Waals surface area contributed by atoms with E-state index in [1.807, 2.05) is 0 Å². The van der Waals surface area contributed by atoms with Crippen LogP contribution in [-0.2, 0) is 0 Å². The van der Waals surface area contributed by atoms with Crippen LogP contribution in [0.3, 0.4) is 0 Å². The molecule has 0 aromatic heterocycles. The van der Waals surface area contributed by atoms with E-state index < -0.39 is 0 Å². The highest BCUT2D eigenvalue weighted by atomic mass is 32.1. The van der Waals surface area contributed by atoms with Crippen molar-refractivity contribution >= 4 is 12.6 Å². The Morgan fingerprint density at radius 1 is 1.20 bits per heavy atom. The molecular weight excluding hydrogens is 202 g/mol. The highest BCUT2D eigenvalue weighted by Crippen LogP contribution is 2.25. The second-order valence-electron chi connectivity index (χ2n) is 5.19. The molecule has 2 atom stereocenters. The Morgan fingerprint density at radius 2 is 1.80 bits per heavy atom. The van der Waals surface area contributed by atoms with E-state index >= 15 is 0 Å². The average molecular weight is 229 g/mol. The van der Waals surface area contributed by atoms with Gasteiger partial charge < -0.3 is 0 Å². The summed E-state index contributed by atoms with van der Waals surface area (Å²) in [6, 6.07) is 0.718. The number of likely N-dealkylation sites (tertiary alicyclic amines) is 1. The maximum Gasteiger partial charge on any atom is 0.0214 e. The Morgan fingerprint density at radius 3 is 2.27 bits per heavy atom. The molecule has 15 heavy (non-hydrogen) atoms. The standard InChI is InChI=1S/C13H27NS/c1-4-5-8-12(13(15)11(2)3)14-9-6-7-10-14/h11-13,15H,4-10H2,1-3H3/t12-,13+/m0/s1. The van der Waals surface area contributed by atoms with Gasteiger partial charge in [0.05, 0.1) is 0 Å². The van der Waals surface area contributed by atoms with Crippen LogP contribution in [0.1, 0.15) is 52.9 Å². The number of unbranched alkanes of at least 4 members (excludes halogenated alkanes) is 1. The van der Waals surface area contributed by atoms with Crippen molar-refractivity contribution in [1.82, 2.24) is 4.90 Å². The molecule has 0 aromatic carbocycles. The van der Waals surface area contributed by atoms with Gasteiger partial charge in [-0.05, 0) is 38.3 Å². The largest absolute Gasteiger partial charge is 0.299 e. The van der Waals surface area contributed by atoms with E-state index in [0.29, 0.717) is 11.2 Å². The monoisotopic (exact) mass is 229 g/mol. The number of hydrogen-bond acceptors (Lipinski definition) is 2. The van der Waals surface area contributed by atoms with Crippen LogP contribution in [0.2, 0.25) is 0 Å². The molecule has 90 valence electrons. The average Bonchev–Trinajstić information content (AvgIpc) is 2.71. The fourth-order valence-electron chi connectivity index (χ4n) is 2.50. The van der Waals surface area contributed by atoms with Crippen molar-refractivity contribution in [2.45, 2.75) is 64.2 Å². The minimum Gasteiger partial charge on any atom is -0.299 e. The van der Waals surface area contributed by atoms with Crippen molar-refractivity contribution in [3.05, 3.63) is 0 Å². The Balaban J connectivity index is 2.50. The molecule has 1 heterocycles. The summed E-state index contributed by atoms with van der Waals surface area (Å²) in [6.45, 7) is 9.49. The van der Waals surface area contributed by atoms with Crippen molar-refractivity contribution < 1.29 is 0 Å². The van der Waals surface area contributed by atoms with Gasteiger partial charge in [0, 0.05) is 11.3 Å². The maximum absolute atomic E-state index is 4.83. The van der Waals surface area contributed by atoms with Gasteiger partial charge in [-0.2, -0.15) is 12.6 Å². The van der Waals surface area contributed by atoms with Gasteiger partial charge >= 0.3 is 0 Å². The van der Waals surface area contributed by atoms with Gasteiger partial charge in [0.2, 0.25) is 0 Å². The first kappa shape index (κ1) is 13.4. The van der Waals surface area contributed by atoms with Crippen molar-refractivity contribution in [2.75, 3.05) is 13.1 Å². The molecule has 0 spiro atoms. The minimum absolute atomic E-state index is 0.551. The van der Waals surface area contributed by atoms with Crippen LogP contribution in [0.25, 0.3) is 0 Å². The predicted octanol–water partition coefficient (Wildman–Crippen LogP) is 3.60. The lowest BCUT2D eigenvalue weighted by atomic mass is 9.97. The summed E-state index contributed by atoms with van der Waals surface area (Å²) in [5.41, 5.74) is 0. The smallest absolute Gasteiger partial charge is 0.0214 e. The third-order valence-corrected chi connectivity index (χ3v) is 4.48. The molecule has 0 unspecified atom stereocenters. The van der Waals surface area contributed by atoms with E-state index in [1.54, 1.807) is 0 Å². The molecule has 1 rings (SSSR count). The Bertz CT molecular complexity index is 162. The van der Waals surface area contributed by atoms with Crippen LogP contribution >= 0.6 is 12.6 Å². The van der Waals surface area contributed by atoms with Gasteiger partial charge in [0.25, 0.3) is 0 Å². The summed E-state index contributed by atoms with van der Waals surface area (Å²) in [7, 11) is 0. The zero-order valence-corrected chi connectivity index (χ0v) is 11.5. The molecule has 0 bridgehead atoms. The molecular formula is C13H27NS. The Hall–Kier alpha value is 0.310. The van der Waals surface area contributed by atoms with Gasteiger partial charge in [-0.25, -0.2) is 0 Å². The fourth-order valence-corrected chi connectivity index (χ4v) is 2.84. The third-order valence-electron chi connectivity index (χ3n) is 3.54. The Labute approximate surface area is 101 Å². The Kier molecular flexibility index (Phi) is 6.06. The van der Waals surface area contributed by atoms with Crippen molar-refractivity contribution in [3.63, 3.8) is 0 Å². The molecule has 0 amide bonds. The first-order valence-electron chi connectivity index (χ1n) is 6.59. The summed E-state index contributed by atoms with van der Waals surface area (Å²) in [5, 5.41) is 0.551. The molecule has 2 heteroatoms. The second-order valence-corrected chi connectivity index (χ2v) is 5.78. The highest BCUT2D eigenvalue weighted by molar-refractivity contribution is 7.81. The zero-order chi connectivity index (χ0) is 11.3. The molecule has 1 nitrogen and oxygen atoms in total. The zero-order valence-electron chi connectivity index (χ0n) is 10.6. The van der Waals surface area contributed by atoms with Crippen LogP contribution in [-0.4, -0.2) is 29.3 Å². The molecule has 0 radical (unpaired) electrons. The number of thiol groups is 1. The van der Waals surface area contributed by atoms with Crippen LogP contribution in [0.15, 0.2) is 0 Å². The van der Waals surface area contributed by atoms with Crippen LogP contribution in [0, 0.1) is 5.92 Å². The molecule has 1 aliphatic heterocycles. The second kappa shape index (κ2) is 6.80. The summed E-state index contributed by atoms with van der Waals surface area (Å²) >= 11 is 4.83. The molecule has 0 aromatic rings. The van der Waals surface area contributed by atoms with Crippen LogP contribution < -0.4 is 0 Å².